The highest BCUT2D eigenvalue weighted by atomic mass is 16.2. The molecule has 0 spiro atoms. The third-order valence-electron chi connectivity index (χ3n) is 3.63. The van der Waals surface area contributed by atoms with Gasteiger partial charge in [0.15, 0.2) is 0 Å². The van der Waals surface area contributed by atoms with Crippen molar-refractivity contribution in [2.75, 3.05) is 18.8 Å². The van der Waals surface area contributed by atoms with Crippen LogP contribution in [0.4, 0.5) is 5.69 Å². The van der Waals surface area contributed by atoms with Crippen molar-refractivity contribution < 1.29 is 4.79 Å². The zero-order valence-corrected chi connectivity index (χ0v) is 11.1. The molecule has 0 saturated carbocycles. The monoisotopic (exact) mass is 257 g/mol. The highest BCUT2D eigenvalue weighted by Crippen LogP contribution is 2.25. The summed E-state index contributed by atoms with van der Waals surface area (Å²) >= 11 is 0. The SMILES string of the molecule is C#CCNC(=O)C(C)N1CCc2cccc(N)c2C1. The van der Waals surface area contributed by atoms with Gasteiger partial charge in [-0.05, 0) is 30.5 Å². The molecule has 0 bridgehead atoms. The van der Waals surface area contributed by atoms with Gasteiger partial charge in [0.05, 0.1) is 12.6 Å². The molecule has 0 radical (unpaired) electrons. The van der Waals surface area contributed by atoms with Gasteiger partial charge in [-0.2, -0.15) is 0 Å². The number of hydrogen-bond donors (Lipinski definition) is 2. The summed E-state index contributed by atoms with van der Waals surface area (Å²) in [6.45, 7) is 3.75. The summed E-state index contributed by atoms with van der Waals surface area (Å²) in [7, 11) is 0. The molecule has 1 unspecified atom stereocenters. The fraction of sp³-hybridized carbons (Fsp3) is 0.400. The van der Waals surface area contributed by atoms with Gasteiger partial charge in [0, 0.05) is 18.8 Å². The van der Waals surface area contributed by atoms with Gasteiger partial charge in [0.1, 0.15) is 0 Å². The smallest absolute Gasteiger partial charge is 0.237 e. The summed E-state index contributed by atoms with van der Waals surface area (Å²) in [5, 5.41) is 2.72. The summed E-state index contributed by atoms with van der Waals surface area (Å²) in [5.74, 6) is 2.38. The number of anilines is 1. The maximum Gasteiger partial charge on any atom is 0.237 e. The Kier molecular flexibility index (Phi) is 4.08. The van der Waals surface area contributed by atoms with Gasteiger partial charge in [-0.15, -0.1) is 6.42 Å². The van der Waals surface area contributed by atoms with Gasteiger partial charge in [0.25, 0.3) is 0 Å². The van der Waals surface area contributed by atoms with Crippen LogP contribution >= 0.6 is 0 Å². The van der Waals surface area contributed by atoms with Gasteiger partial charge < -0.3 is 11.1 Å². The minimum Gasteiger partial charge on any atom is -0.398 e. The number of hydrogen-bond acceptors (Lipinski definition) is 3. The second-order valence-electron chi connectivity index (χ2n) is 4.80. The summed E-state index contributed by atoms with van der Waals surface area (Å²) < 4.78 is 0. The maximum atomic E-state index is 11.9. The van der Waals surface area contributed by atoms with Crippen LogP contribution < -0.4 is 11.1 Å². The summed E-state index contributed by atoms with van der Waals surface area (Å²) in [4.78, 5) is 14.0. The van der Waals surface area contributed by atoms with Crippen LogP contribution in [0.25, 0.3) is 0 Å². The average Bonchev–Trinajstić information content (AvgIpc) is 2.44. The van der Waals surface area contributed by atoms with E-state index >= 15 is 0 Å². The molecule has 0 saturated heterocycles. The normalized spacial score (nSPS) is 16.2. The van der Waals surface area contributed by atoms with E-state index in [0.717, 1.165) is 24.2 Å². The van der Waals surface area contributed by atoms with E-state index < -0.39 is 0 Å². The van der Waals surface area contributed by atoms with Crippen LogP contribution in [0.1, 0.15) is 18.1 Å². The van der Waals surface area contributed by atoms with E-state index in [9.17, 15) is 4.79 Å². The van der Waals surface area contributed by atoms with Crippen LogP contribution in [-0.2, 0) is 17.8 Å². The first kappa shape index (κ1) is 13.4. The van der Waals surface area contributed by atoms with Crippen LogP contribution in [0.3, 0.4) is 0 Å². The molecule has 100 valence electrons. The van der Waals surface area contributed by atoms with E-state index in [-0.39, 0.29) is 18.5 Å². The second kappa shape index (κ2) is 5.77. The number of benzene rings is 1. The molecule has 1 aliphatic heterocycles. The van der Waals surface area contributed by atoms with E-state index in [1.807, 2.05) is 19.1 Å². The lowest BCUT2D eigenvalue weighted by atomic mass is 9.97. The molecule has 0 aromatic heterocycles. The highest BCUT2D eigenvalue weighted by molar-refractivity contribution is 5.81. The molecule has 3 N–H and O–H groups in total. The standard InChI is InChI=1S/C15H19N3O/c1-3-8-17-15(19)11(2)18-9-7-12-5-4-6-14(16)13(12)10-18/h1,4-6,11H,7-10,16H2,2H3,(H,17,19). The van der Waals surface area contributed by atoms with Crippen molar-refractivity contribution >= 4 is 11.6 Å². The Morgan fingerprint density at radius 3 is 3.16 bits per heavy atom. The molecular formula is C15H19N3O. The first-order valence-corrected chi connectivity index (χ1v) is 6.45. The highest BCUT2D eigenvalue weighted by Gasteiger charge is 2.25. The van der Waals surface area contributed by atoms with E-state index in [4.69, 9.17) is 12.2 Å². The minimum absolute atomic E-state index is 0.0316. The molecule has 4 heteroatoms. The topological polar surface area (TPSA) is 58.4 Å². The molecule has 0 fully saturated rings. The lowest BCUT2D eigenvalue weighted by molar-refractivity contribution is -0.125. The zero-order valence-electron chi connectivity index (χ0n) is 11.1. The number of carbonyl (C=O) groups excluding carboxylic acids is 1. The Morgan fingerprint density at radius 1 is 1.63 bits per heavy atom. The Balaban J connectivity index is 2.07. The molecule has 1 amide bonds. The van der Waals surface area contributed by atoms with E-state index in [2.05, 4.69) is 22.2 Å². The van der Waals surface area contributed by atoms with Gasteiger partial charge in [0.2, 0.25) is 5.91 Å². The van der Waals surface area contributed by atoms with E-state index in [1.165, 1.54) is 5.56 Å². The molecule has 0 aliphatic carbocycles. The van der Waals surface area contributed by atoms with Crippen molar-refractivity contribution in [2.24, 2.45) is 0 Å². The predicted octanol–water partition coefficient (Wildman–Crippen LogP) is 0.765. The predicted molar refractivity (Wildman–Crippen MR) is 76.3 cm³/mol. The zero-order chi connectivity index (χ0) is 13.8. The van der Waals surface area contributed by atoms with Crippen molar-refractivity contribution in [2.45, 2.75) is 25.9 Å². The fourth-order valence-corrected chi connectivity index (χ4v) is 2.41. The van der Waals surface area contributed by atoms with Crippen molar-refractivity contribution in [1.29, 1.82) is 0 Å². The first-order chi connectivity index (χ1) is 9.13. The Hall–Kier alpha value is -1.99. The number of fused-ring (bicyclic) bond motifs is 1. The number of nitrogens with zero attached hydrogens (tertiary/aromatic N) is 1. The molecule has 1 heterocycles. The van der Waals surface area contributed by atoms with E-state index in [0.29, 0.717) is 6.54 Å². The number of rotatable bonds is 3. The van der Waals surface area contributed by atoms with Gasteiger partial charge in [-0.1, -0.05) is 18.1 Å². The minimum atomic E-state index is -0.193. The number of terminal acetylenes is 1. The van der Waals surface area contributed by atoms with Crippen LogP contribution in [0.5, 0.6) is 0 Å². The van der Waals surface area contributed by atoms with E-state index in [1.54, 1.807) is 0 Å². The average molecular weight is 257 g/mol. The number of nitrogens with two attached hydrogens (primary N) is 1. The third-order valence-corrected chi connectivity index (χ3v) is 3.63. The second-order valence-corrected chi connectivity index (χ2v) is 4.80. The van der Waals surface area contributed by atoms with Crippen molar-refractivity contribution in [3.8, 4) is 12.3 Å². The number of nitrogens with one attached hydrogen (secondary N) is 1. The van der Waals surface area contributed by atoms with Crippen molar-refractivity contribution in [3.05, 3.63) is 29.3 Å². The quantitative estimate of drug-likeness (QED) is 0.621. The van der Waals surface area contributed by atoms with Crippen molar-refractivity contribution in [3.63, 3.8) is 0 Å². The first-order valence-electron chi connectivity index (χ1n) is 6.45. The van der Waals surface area contributed by atoms with Crippen LogP contribution in [0.2, 0.25) is 0 Å². The van der Waals surface area contributed by atoms with Crippen molar-refractivity contribution in [1.82, 2.24) is 10.2 Å². The number of amides is 1. The maximum absolute atomic E-state index is 11.9. The van der Waals surface area contributed by atoms with Crippen LogP contribution in [0.15, 0.2) is 18.2 Å². The molecule has 1 aliphatic rings. The fourth-order valence-electron chi connectivity index (χ4n) is 2.41. The molecule has 1 aromatic carbocycles. The molecule has 2 rings (SSSR count). The lowest BCUT2D eigenvalue weighted by Gasteiger charge is -2.33. The molecule has 1 atom stereocenters. The molecule has 1 aromatic rings. The van der Waals surface area contributed by atoms with Gasteiger partial charge >= 0.3 is 0 Å². The van der Waals surface area contributed by atoms with Crippen LogP contribution in [0, 0.1) is 12.3 Å². The number of nitrogen functional groups attached to an aromatic ring is 1. The number of carbonyl (C=O) groups is 1. The van der Waals surface area contributed by atoms with Crippen LogP contribution in [-0.4, -0.2) is 29.9 Å². The largest absolute Gasteiger partial charge is 0.398 e. The Morgan fingerprint density at radius 2 is 2.42 bits per heavy atom. The van der Waals surface area contributed by atoms with Gasteiger partial charge in [-0.25, -0.2) is 0 Å². The lowest BCUT2D eigenvalue weighted by Crippen LogP contribution is -2.47. The summed E-state index contributed by atoms with van der Waals surface area (Å²) in [6, 6.07) is 5.80. The van der Waals surface area contributed by atoms with Gasteiger partial charge in [-0.3, -0.25) is 9.69 Å². The summed E-state index contributed by atoms with van der Waals surface area (Å²) in [5.41, 5.74) is 9.24. The molecular weight excluding hydrogens is 238 g/mol. The Labute approximate surface area is 114 Å². The molecule has 4 nitrogen and oxygen atoms in total. The Bertz CT molecular complexity index is 519. The molecule has 19 heavy (non-hydrogen) atoms. The third kappa shape index (κ3) is 2.88. The summed E-state index contributed by atoms with van der Waals surface area (Å²) in [6.07, 6.45) is 6.07.